The molecule has 1 heteroatoms. The van der Waals surface area contributed by atoms with E-state index in [1.165, 1.54) is 30.4 Å². The molecule has 84 valence electrons. The second kappa shape index (κ2) is 6.60. The van der Waals surface area contributed by atoms with Gasteiger partial charge in [-0.2, -0.15) is 0 Å². The zero-order valence-corrected chi connectivity index (χ0v) is 10.0. The molecule has 1 rings (SSSR count). The summed E-state index contributed by atoms with van der Waals surface area (Å²) in [5, 5.41) is 0. The van der Waals surface area contributed by atoms with Crippen LogP contribution in [0.3, 0.4) is 0 Å². The summed E-state index contributed by atoms with van der Waals surface area (Å²) in [6.07, 6.45) is 11.8. The molecule has 0 atom stereocenters. The first-order chi connectivity index (χ1) is 7.26. The third-order valence-electron chi connectivity index (χ3n) is 2.93. The molecule has 0 saturated carbocycles. The van der Waals surface area contributed by atoms with Crippen LogP contribution in [-0.4, -0.2) is 5.78 Å². The van der Waals surface area contributed by atoms with Crippen LogP contribution in [-0.2, 0) is 4.79 Å². The van der Waals surface area contributed by atoms with Gasteiger partial charge in [0.25, 0.3) is 0 Å². The largest absolute Gasteiger partial charge is 0.295 e. The zero-order valence-electron chi connectivity index (χ0n) is 10.0. The number of rotatable bonds is 5. The van der Waals surface area contributed by atoms with Crippen LogP contribution < -0.4 is 0 Å². The van der Waals surface area contributed by atoms with Gasteiger partial charge in [-0.15, -0.1) is 0 Å². The van der Waals surface area contributed by atoms with Crippen molar-refractivity contribution in [2.24, 2.45) is 0 Å². The molecular formula is C14H22O. The lowest BCUT2D eigenvalue weighted by molar-refractivity contribution is -0.115. The molecule has 0 bridgehead atoms. The summed E-state index contributed by atoms with van der Waals surface area (Å²) in [7, 11) is 0. The average molecular weight is 206 g/mol. The number of ketones is 1. The fourth-order valence-corrected chi connectivity index (χ4v) is 1.95. The minimum atomic E-state index is 0.304. The van der Waals surface area contributed by atoms with Crippen molar-refractivity contribution in [3.63, 3.8) is 0 Å². The van der Waals surface area contributed by atoms with Crippen molar-refractivity contribution in [2.45, 2.75) is 58.8 Å². The first-order valence-corrected chi connectivity index (χ1v) is 6.19. The Balaban J connectivity index is 2.61. The highest BCUT2D eigenvalue weighted by atomic mass is 16.1. The van der Waals surface area contributed by atoms with Crippen LogP contribution in [0.2, 0.25) is 0 Å². The van der Waals surface area contributed by atoms with Crippen molar-refractivity contribution in [2.75, 3.05) is 0 Å². The van der Waals surface area contributed by atoms with Crippen LogP contribution in [0.4, 0.5) is 0 Å². The fraction of sp³-hybridized carbons (Fsp3) is 0.643. The molecule has 0 radical (unpaired) electrons. The molecule has 0 spiro atoms. The number of carbonyl (C=O) groups is 1. The van der Waals surface area contributed by atoms with E-state index in [0.29, 0.717) is 5.78 Å². The summed E-state index contributed by atoms with van der Waals surface area (Å²) >= 11 is 0. The summed E-state index contributed by atoms with van der Waals surface area (Å²) in [5.41, 5.74) is 2.75. The van der Waals surface area contributed by atoms with Gasteiger partial charge in [-0.1, -0.05) is 31.9 Å². The normalized spacial score (nSPS) is 17.9. The van der Waals surface area contributed by atoms with Crippen molar-refractivity contribution in [3.05, 3.63) is 23.3 Å². The van der Waals surface area contributed by atoms with Crippen LogP contribution >= 0.6 is 0 Å². The van der Waals surface area contributed by atoms with E-state index in [1.807, 2.05) is 6.08 Å². The number of hydrogen-bond donors (Lipinski definition) is 0. The van der Waals surface area contributed by atoms with Gasteiger partial charge in [0.05, 0.1) is 0 Å². The van der Waals surface area contributed by atoms with Crippen LogP contribution in [0.15, 0.2) is 23.3 Å². The van der Waals surface area contributed by atoms with Crippen LogP contribution in [0, 0.1) is 0 Å². The SMILES string of the molecule is CCCC/C(=C\C1=CC(=O)CCC1)CC. The highest BCUT2D eigenvalue weighted by Crippen LogP contribution is 2.20. The van der Waals surface area contributed by atoms with E-state index >= 15 is 0 Å². The highest BCUT2D eigenvalue weighted by molar-refractivity contribution is 5.91. The van der Waals surface area contributed by atoms with E-state index in [2.05, 4.69) is 19.9 Å². The van der Waals surface area contributed by atoms with Crippen LogP contribution in [0.1, 0.15) is 58.8 Å². The lowest BCUT2D eigenvalue weighted by Crippen LogP contribution is -2.01. The summed E-state index contributed by atoms with van der Waals surface area (Å²) < 4.78 is 0. The Morgan fingerprint density at radius 2 is 2.20 bits per heavy atom. The molecule has 0 unspecified atom stereocenters. The Bertz CT molecular complexity index is 271. The quantitative estimate of drug-likeness (QED) is 0.659. The molecule has 0 aliphatic heterocycles. The van der Waals surface area contributed by atoms with E-state index in [1.54, 1.807) is 0 Å². The Morgan fingerprint density at radius 1 is 1.40 bits per heavy atom. The smallest absolute Gasteiger partial charge is 0.155 e. The highest BCUT2D eigenvalue weighted by Gasteiger charge is 2.08. The molecule has 0 N–H and O–H groups in total. The maximum Gasteiger partial charge on any atom is 0.155 e. The molecule has 15 heavy (non-hydrogen) atoms. The van der Waals surface area contributed by atoms with Crippen molar-refractivity contribution in [3.8, 4) is 0 Å². The minimum absolute atomic E-state index is 0.304. The summed E-state index contributed by atoms with van der Waals surface area (Å²) in [5.74, 6) is 0.304. The third kappa shape index (κ3) is 4.46. The topological polar surface area (TPSA) is 17.1 Å². The fourth-order valence-electron chi connectivity index (χ4n) is 1.95. The van der Waals surface area contributed by atoms with Crippen molar-refractivity contribution >= 4 is 5.78 Å². The van der Waals surface area contributed by atoms with Crippen molar-refractivity contribution in [1.82, 2.24) is 0 Å². The van der Waals surface area contributed by atoms with Crippen LogP contribution in [0.5, 0.6) is 0 Å². The van der Waals surface area contributed by atoms with Gasteiger partial charge < -0.3 is 0 Å². The summed E-state index contributed by atoms with van der Waals surface area (Å²) in [6.45, 7) is 4.42. The Kier molecular flexibility index (Phi) is 5.38. The number of carbonyl (C=O) groups excluding carboxylic acids is 1. The number of unbranched alkanes of at least 4 members (excludes halogenated alkanes) is 1. The predicted octanol–water partition coefficient (Wildman–Crippen LogP) is 4.19. The molecule has 0 fully saturated rings. The number of hydrogen-bond acceptors (Lipinski definition) is 1. The lowest BCUT2D eigenvalue weighted by Gasteiger charge is -2.10. The molecule has 1 aliphatic carbocycles. The molecule has 0 aromatic carbocycles. The van der Waals surface area contributed by atoms with E-state index in [9.17, 15) is 4.79 Å². The minimum Gasteiger partial charge on any atom is -0.295 e. The monoisotopic (exact) mass is 206 g/mol. The second-order valence-corrected chi connectivity index (χ2v) is 4.30. The van der Waals surface area contributed by atoms with E-state index in [4.69, 9.17) is 0 Å². The molecular weight excluding hydrogens is 184 g/mol. The molecule has 1 aliphatic rings. The van der Waals surface area contributed by atoms with Crippen molar-refractivity contribution in [1.29, 1.82) is 0 Å². The van der Waals surface area contributed by atoms with Crippen LogP contribution in [0.25, 0.3) is 0 Å². The first-order valence-electron chi connectivity index (χ1n) is 6.19. The Hall–Kier alpha value is -0.850. The predicted molar refractivity (Wildman–Crippen MR) is 64.8 cm³/mol. The van der Waals surface area contributed by atoms with Crippen molar-refractivity contribution < 1.29 is 4.79 Å². The Morgan fingerprint density at radius 3 is 2.80 bits per heavy atom. The molecule has 0 amide bonds. The third-order valence-corrected chi connectivity index (χ3v) is 2.93. The molecule has 0 saturated heterocycles. The second-order valence-electron chi connectivity index (χ2n) is 4.30. The first kappa shape index (κ1) is 12.2. The maximum absolute atomic E-state index is 11.3. The van der Waals surface area contributed by atoms with Gasteiger partial charge in [-0.25, -0.2) is 0 Å². The molecule has 1 nitrogen and oxygen atoms in total. The van der Waals surface area contributed by atoms with Gasteiger partial charge in [0.15, 0.2) is 5.78 Å². The van der Waals surface area contributed by atoms with Gasteiger partial charge in [0, 0.05) is 6.42 Å². The Labute approximate surface area is 93.3 Å². The van der Waals surface area contributed by atoms with E-state index in [0.717, 1.165) is 25.7 Å². The van der Waals surface area contributed by atoms with E-state index in [-0.39, 0.29) is 0 Å². The zero-order chi connectivity index (χ0) is 11.1. The number of allylic oxidation sites excluding steroid dienone is 4. The van der Waals surface area contributed by atoms with Gasteiger partial charge in [0.2, 0.25) is 0 Å². The summed E-state index contributed by atoms with van der Waals surface area (Å²) in [6, 6.07) is 0. The maximum atomic E-state index is 11.3. The summed E-state index contributed by atoms with van der Waals surface area (Å²) in [4.78, 5) is 11.3. The van der Waals surface area contributed by atoms with Gasteiger partial charge in [-0.3, -0.25) is 4.79 Å². The standard InChI is InChI=1S/C14H22O/c1-3-5-7-12(4-2)10-13-8-6-9-14(15)11-13/h10-11H,3-9H2,1-2H3/b12-10-. The average Bonchev–Trinajstić information content (AvgIpc) is 2.24. The van der Waals surface area contributed by atoms with Gasteiger partial charge in [0.1, 0.15) is 0 Å². The van der Waals surface area contributed by atoms with Gasteiger partial charge >= 0.3 is 0 Å². The van der Waals surface area contributed by atoms with Gasteiger partial charge in [-0.05, 0) is 43.8 Å². The lowest BCUT2D eigenvalue weighted by atomic mass is 9.95. The van der Waals surface area contributed by atoms with E-state index < -0.39 is 0 Å². The molecule has 0 aromatic rings. The molecule has 0 aromatic heterocycles. The molecule has 0 heterocycles.